The van der Waals surface area contributed by atoms with Crippen LogP contribution in [0.2, 0.25) is 0 Å². The number of hydrogen-bond donors (Lipinski definition) is 0. The second-order valence-corrected chi connectivity index (χ2v) is 3.95. The fraction of sp³-hybridized carbons (Fsp3) is 0.429. The highest BCUT2D eigenvalue weighted by Crippen LogP contribution is 2.19. The Morgan fingerprint density at radius 3 is 3.09 bits per heavy atom. The lowest BCUT2D eigenvalue weighted by molar-refractivity contribution is 0.972. The van der Waals surface area contributed by atoms with E-state index in [1.165, 1.54) is 11.5 Å². The van der Waals surface area contributed by atoms with Gasteiger partial charge in [0.1, 0.15) is 5.82 Å². The third-order valence-corrected chi connectivity index (χ3v) is 2.96. The Labute approximate surface area is 74.9 Å². The average Bonchev–Trinajstić information content (AvgIpc) is 2.48. The molecule has 11 heavy (non-hydrogen) atoms. The Kier molecular flexibility index (Phi) is 3.59. The topological polar surface area (TPSA) is 25.8 Å². The highest BCUT2D eigenvalue weighted by molar-refractivity contribution is 8.01. The summed E-state index contributed by atoms with van der Waals surface area (Å²) >= 11 is 3.15. The van der Waals surface area contributed by atoms with E-state index >= 15 is 0 Å². The Hall–Kier alpha value is -0.350. The minimum Gasteiger partial charge on any atom is -0.213 e. The maximum Gasteiger partial charge on any atom is 0.170 e. The van der Waals surface area contributed by atoms with Gasteiger partial charge in [-0.2, -0.15) is 4.37 Å². The van der Waals surface area contributed by atoms with Gasteiger partial charge in [-0.3, -0.25) is 0 Å². The van der Waals surface area contributed by atoms with Crippen LogP contribution in [0.25, 0.3) is 0 Å². The Balaban J connectivity index is 2.50. The monoisotopic (exact) mass is 186 g/mol. The molecule has 0 aliphatic rings. The number of aromatic nitrogens is 2. The summed E-state index contributed by atoms with van der Waals surface area (Å²) in [4.78, 5) is 4.29. The van der Waals surface area contributed by atoms with E-state index in [0.29, 0.717) is 0 Å². The second-order valence-electron chi connectivity index (χ2n) is 1.93. The molecule has 0 N–H and O–H groups in total. The summed E-state index contributed by atoms with van der Waals surface area (Å²) in [6.07, 6.45) is 2.79. The third-order valence-electron chi connectivity index (χ3n) is 1.09. The first-order chi connectivity index (χ1) is 5.36. The first-order valence-corrected chi connectivity index (χ1v) is 5.19. The van der Waals surface area contributed by atoms with Gasteiger partial charge in [-0.25, -0.2) is 4.98 Å². The Morgan fingerprint density at radius 1 is 1.73 bits per heavy atom. The molecule has 60 valence electrons. The van der Waals surface area contributed by atoms with Gasteiger partial charge in [-0.15, -0.1) is 6.58 Å². The van der Waals surface area contributed by atoms with E-state index in [9.17, 15) is 0 Å². The van der Waals surface area contributed by atoms with Crippen LogP contribution in [0.15, 0.2) is 17.0 Å². The predicted octanol–water partition coefficient (Wildman–Crippen LogP) is 2.38. The smallest absolute Gasteiger partial charge is 0.170 e. The van der Waals surface area contributed by atoms with Crippen molar-refractivity contribution in [2.45, 2.75) is 17.7 Å². The van der Waals surface area contributed by atoms with Crippen molar-refractivity contribution in [3.63, 3.8) is 0 Å². The van der Waals surface area contributed by atoms with Gasteiger partial charge in [-0.05, 0) is 11.5 Å². The Bertz CT molecular complexity index is 232. The van der Waals surface area contributed by atoms with Crippen LogP contribution in [0.5, 0.6) is 0 Å². The summed E-state index contributed by atoms with van der Waals surface area (Å²) in [7, 11) is 0. The van der Waals surface area contributed by atoms with Crippen molar-refractivity contribution in [3.05, 3.63) is 18.5 Å². The van der Waals surface area contributed by atoms with E-state index in [1.807, 2.05) is 6.08 Å². The maximum absolute atomic E-state index is 4.29. The van der Waals surface area contributed by atoms with Gasteiger partial charge >= 0.3 is 0 Å². The highest BCUT2D eigenvalue weighted by atomic mass is 32.2. The second kappa shape index (κ2) is 4.51. The molecule has 0 radical (unpaired) electrons. The number of nitrogens with zero attached hydrogens (tertiary/aromatic N) is 2. The molecule has 1 heterocycles. The van der Waals surface area contributed by atoms with Crippen LogP contribution >= 0.6 is 23.3 Å². The van der Waals surface area contributed by atoms with Crippen LogP contribution in [0.1, 0.15) is 12.7 Å². The maximum atomic E-state index is 4.29. The van der Waals surface area contributed by atoms with E-state index in [4.69, 9.17) is 0 Å². The molecule has 1 aromatic rings. The molecule has 0 fully saturated rings. The first-order valence-electron chi connectivity index (χ1n) is 3.43. The van der Waals surface area contributed by atoms with E-state index < -0.39 is 0 Å². The van der Waals surface area contributed by atoms with Crippen molar-refractivity contribution >= 4 is 23.3 Å². The van der Waals surface area contributed by atoms with Gasteiger partial charge in [0, 0.05) is 12.2 Å². The molecule has 0 spiro atoms. The highest BCUT2D eigenvalue weighted by Gasteiger charge is 2.00. The number of aryl methyl sites for hydroxylation is 1. The van der Waals surface area contributed by atoms with Crippen LogP contribution in [0, 0.1) is 0 Å². The molecule has 0 bridgehead atoms. The van der Waals surface area contributed by atoms with Gasteiger partial charge in [-0.1, -0.05) is 24.8 Å². The van der Waals surface area contributed by atoms with Crippen molar-refractivity contribution in [2.75, 3.05) is 5.75 Å². The van der Waals surface area contributed by atoms with Gasteiger partial charge in [0.2, 0.25) is 0 Å². The van der Waals surface area contributed by atoms with Crippen LogP contribution < -0.4 is 0 Å². The summed E-state index contributed by atoms with van der Waals surface area (Å²) < 4.78 is 5.21. The molecule has 0 unspecified atom stereocenters. The van der Waals surface area contributed by atoms with Gasteiger partial charge in [0.05, 0.1) is 0 Å². The Morgan fingerprint density at radius 2 is 2.55 bits per heavy atom. The molecule has 0 aliphatic carbocycles. The fourth-order valence-electron chi connectivity index (χ4n) is 0.570. The lowest BCUT2D eigenvalue weighted by Crippen LogP contribution is -1.80. The minimum absolute atomic E-state index is 0.915. The third kappa shape index (κ3) is 2.63. The van der Waals surface area contributed by atoms with Crippen molar-refractivity contribution in [3.8, 4) is 0 Å². The largest absolute Gasteiger partial charge is 0.213 e. The van der Waals surface area contributed by atoms with Crippen LogP contribution in [0.4, 0.5) is 0 Å². The van der Waals surface area contributed by atoms with Crippen LogP contribution in [0.3, 0.4) is 0 Å². The molecular weight excluding hydrogens is 176 g/mol. The molecule has 1 rings (SSSR count). The van der Waals surface area contributed by atoms with Crippen LogP contribution in [-0.2, 0) is 6.42 Å². The molecule has 0 aliphatic heterocycles. The SMILES string of the molecule is C=CCSc1nc(CC)ns1. The van der Waals surface area contributed by atoms with Gasteiger partial charge < -0.3 is 0 Å². The van der Waals surface area contributed by atoms with Gasteiger partial charge in [0.15, 0.2) is 4.34 Å². The van der Waals surface area contributed by atoms with Crippen molar-refractivity contribution in [1.29, 1.82) is 0 Å². The quantitative estimate of drug-likeness (QED) is 0.533. The molecular formula is C7H10N2S2. The van der Waals surface area contributed by atoms with Crippen molar-refractivity contribution in [2.24, 2.45) is 0 Å². The number of thioether (sulfide) groups is 1. The van der Waals surface area contributed by atoms with Gasteiger partial charge in [0.25, 0.3) is 0 Å². The molecule has 0 aromatic carbocycles. The van der Waals surface area contributed by atoms with E-state index in [1.54, 1.807) is 11.8 Å². The van der Waals surface area contributed by atoms with E-state index in [-0.39, 0.29) is 0 Å². The molecule has 2 nitrogen and oxygen atoms in total. The van der Waals surface area contributed by atoms with Crippen molar-refractivity contribution < 1.29 is 0 Å². The fourth-order valence-corrected chi connectivity index (χ4v) is 2.03. The summed E-state index contributed by atoms with van der Waals surface area (Å²) in [5, 5.41) is 0. The lowest BCUT2D eigenvalue weighted by atomic mass is 10.5. The van der Waals surface area contributed by atoms with E-state index in [0.717, 1.165) is 22.3 Å². The molecule has 0 amide bonds. The predicted molar refractivity (Wildman–Crippen MR) is 50.2 cm³/mol. The van der Waals surface area contributed by atoms with Crippen LogP contribution in [-0.4, -0.2) is 15.1 Å². The summed E-state index contributed by atoms with van der Waals surface area (Å²) in [6, 6.07) is 0. The average molecular weight is 186 g/mol. The molecule has 4 heteroatoms. The zero-order valence-corrected chi connectivity index (χ0v) is 8.04. The standard InChI is InChI=1S/C7H10N2S2/c1-3-5-10-7-8-6(4-2)9-11-7/h3H,1,4-5H2,2H3. The lowest BCUT2D eigenvalue weighted by Gasteiger charge is -1.86. The summed E-state index contributed by atoms with van der Waals surface area (Å²) in [5.41, 5.74) is 0. The molecule has 0 saturated heterocycles. The molecule has 0 atom stereocenters. The van der Waals surface area contributed by atoms with Crippen molar-refractivity contribution in [1.82, 2.24) is 9.36 Å². The first kappa shape index (κ1) is 8.74. The zero-order valence-electron chi connectivity index (χ0n) is 6.41. The van der Waals surface area contributed by atoms with E-state index in [2.05, 4.69) is 22.9 Å². The normalized spacial score (nSPS) is 9.91. The molecule has 0 saturated carbocycles. The zero-order chi connectivity index (χ0) is 8.10. The number of hydrogen-bond acceptors (Lipinski definition) is 4. The number of rotatable bonds is 4. The summed E-state index contributed by atoms with van der Waals surface area (Å²) in [5.74, 6) is 1.86. The summed E-state index contributed by atoms with van der Waals surface area (Å²) in [6.45, 7) is 5.70. The molecule has 1 aromatic heterocycles. The minimum atomic E-state index is 0.915.